The highest BCUT2D eigenvalue weighted by molar-refractivity contribution is 9.10. The van der Waals surface area contributed by atoms with Crippen molar-refractivity contribution in [3.05, 3.63) is 69.6 Å². The summed E-state index contributed by atoms with van der Waals surface area (Å²) in [6.07, 6.45) is 2.63. The fraction of sp³-hybridized carbons (Fsp3) is 0.387. The SMILES string of the molecule is CC(C)(C)OC(=O)NCCCCCOc1ccc(S(=O)(=O)CCCn2c3ccc(Br)cc3c3cc(Br)ccc32)cc1. The van der Waals surface area contributed by atoms with Crippen molar-refractivity contribution in [1.29, 1.82) is 0 Å². The third-order valence-electron chi connectivity index (χ3n) is 6.52. The molecule has 0 saturated heterocycles. The normalized spacial score (nSPS) is 12.1. The molecule has 1 N–H and O–H groups in total. The van der Waals surface area contributed by atoms with Crippen LogP contribution in [0.5, 0.6) is 5.75 Å². The predicted octanol–water partition coefficient (Wildman–Crippen LogP) is 8.26. The third kappa shape index (κ3) is 8.72. The third-order valence-corrected chi connectivity index (χ3v) is 9.33. The minimum Gasteiger partial charge on any atom is -0.494 e. The summed E-state index contributed by atoms with van der Waals surface area (Å²) in [4.78, 5) is 12.0. The van der Waals surface area contributed by atoms with Crippen LogP contribution in [-0.4, -0.2) is 43.6 Å². The Morgan fingerprint density at radius 3 is 2.05 bits per heavy atom. The molecule has 0 fully saturated rings. The molecule has 0 aliphatic heterocycles. The second-order valence-corrected chi connectivity index (χ2v) is 14.9. The highest BCUT2D eigenvalue weighted by Gasteiger charge is 2.17. The van der Waals surface area contributed by atoms with E-state index in [0.717, 1.165) is 50.0 Å². The van der Waals surface area contributed by atoms with Crippen LogP contribution < -0.4 is 10.1 Å². The molecule has 41 heavy (non-hydrogen) atoms. The van der Waals surface area contributed by atoms with Crippen LogP contribution in [-0.2, 0) is 21.1 Å². The summed E-state index contributed by atoms with van der Waals surface area (Å²) < 4.78 is 41.3. The first-order valence-corrected chi connectivity index (χ1v) is 17.0. The zero-order valence-corrected chi connectivity index (χ0v) is 27.6. The molecule has 1 amide bonds. The molecule has 0 radical (unpaired) electrons. The number of hydrogen-bond donors (Lipinski definition) is 1. The number of amides is 1. The lowest BCUT2D eigenvalue weighted by Gasteiger charge is -2.19. The van der Waals surface area contributed by atoms with Crippen molar-refractivity contribution in [3.8, 4) is 5.75 Å². The van der Waals surface area contributed by atoms with Crippen LogP contribution in [0, 0.1) is 0 Å². The number of hydrogen-bond acceptors (Lipinski definition) is 5. The fourth-order valence-corrected chi connectivity index (χ4v) is 6.68. The topological polar surface area (TPSA) is 86.6 Å². The number of carbonyl (C=O) groups excluding carboxylic acids is 1. The maximum atomic E-state index is 13.1. The molecule has 10 heteroatoms. The predicted molar refractivity (Wildman–Crippen MR) is 172 cm³/mol. The lowest BCUT2D eigenvalue weighted by atomic mass is 10.2. The van der Waals surface area contributed by atoms with E-state index in [1.165, 1.54) is 0 Å². The summed E-state index contributed by atoms with van der Waals surface area (Å²) in [7, 11) is -3.43. The molecule has 4 rings (SSSR count). The van der Waals surface area contributed by atoms with Gasteiger partial charge in [-0.1, -0.05) is 31.9 Å². The molecule has 0 unspecified atom stereocenters. The van der Waals surface area contributed by atoms with Crippen LogP contribution in [0.3, 0.4) is 0 Å². The van der Waals surface area contributed by atoms with Gasteiger partial charge in [0, 0.05) is 43.8 Å². The van der Waals surface area contributed by atoms with E-state index in [1.807, 2.05) is 32.9 Å². The number of ether oxygens (including phenoxy) is 2. The standard InChI is InChI=1S/C31H36Br2N2O5S/c1-31(2,3)40-30(36)34-16-5-4-6-18-39-24-10-12-25(13-11-24)41(37,38)19-7-17-35-28-14-8-22(32)20-26(28)27-21-23(33)9-15-29(27)35/h8-15,20-21H,4-7,16-19H2,1-3H3,(H,34,36). The summed E-state index contributed by atoms with van der Waals surface area (Å²) in [5, 5.41) is 5.01. The molecule has 3 aromatic carbocycles. The fourth-order valence-electron chi connectivity index (χ4n) is 4.66. The maximum Gasteiger partial charge on any atom is 0.407 e. The van der Waals surface area contributed by atoms with Crippen LogP contribution in [0.15, 0.2) is 74.5 Å². The zero-order valence-electron chi connectivity index (χ0n) is 23.6. The number of rotatable bonds is 12. The van der Waals surface area contributed by atoms with Crippen molar-refractivity contribution in [2.75, 3.05) is 18.9 Å². The number of halogens is 2. The van der Waals surface area contributed by atoms with Crippen LogP contribution in [0.2, 0.25) is 0 Å². The number of nitrogens with one attached hydrogen (secondary N) is 1. The van der Waals surface area contributed by atoms with Gasteiger partial charge in [0.1, 0.15) is 11.4 Å². The molecule has 0 bridgehead atoms. The van der Waals surface area contributed by atoms with E-state index in [9.17, 15) is 13.2 Å². The summed E-state index contributed by atoms with van der Waals surface area (Å²) in [5.74, 6) is 0.692. The van der Waals surface area contributed by atoms with Crippen molar-refractivity contribution in [1.82, 2.24) is 9.88 Å². The van der Waals surface area contributed by atoms with E-state index in [0.29, 0.717) is 36.8 Å². The van der Waals surface area contributed by atoms with Crippen LogP contribution in [0.1, 0.15) is 46.5 Å². The van der Waals surface area contributed by atoms with Crippen LogP contribution in [0.25, 0.3) is 21.8 Å². The Morgan fingerprint density at radius 2 is 1.46 bits per heavy atom. The van der Waals surface area contributed by atoms with Crippen molar-refractivity contribution in [2.45, 2.75) is 63.5 Å². The second-order valence-electron chi connectivity index (χ2n) is 11.0. The Morgan fingerprint density at radius 1 is 0.854 bits per heavy atom. The monoisotopic (exact) mass is 706 g/mol. The van der Waals surface area contributed by atoms with Crippen molar-refractivity contribution < 1.29 is 22.7 Å². The number of aryl methyl sites for hydroxylation is 1. The molecular formula is C31H36Br2N2O5S. The highest BCUT2D eigenvalue weighted by Crippen LogP contribution is 2.33. The van der Waals surface area contributed by atoms with E-state index in [1.54, 1.807) is 24.3 Å². The van der Waals surface area contributed by atoms with Crippen molar-refractivity contribution in [2.24, 2.45) is 0 Å². The Balaban J connectivity index is 1.25. The highest BCUT2D eigenvalue weighted by atomic mass is 79.9. The summed E-state index contributed by atoms with van der Waals surface area (Å²) in [6, 6.07) is 19.0. The first-order valence-electron chi connectivity index (χ1n) is 13.7. The van der Waals surface area contributed by atoms with E-state index >= 15 is 0 Å². The molecule has 7 nitrogen and oxygen atoms in total. The van der Waals surface area contributed by atoms with Gasteiger partial charge in [0.15, 0.2) is 9.84 Å². The van der Waals surface area contributed by atoms with Gasteiger partial charge in [0.2, 0.25) is 0 Å². The van der Waals surface area contributed by atoms with Gasteiger partial charge in [0.25, 0.3) is 0 Å². The van der Waals surface area contributed by atoms with E-state index in [-0.39, 0.29) is 5.75 Å². The van der Waals surface area contributed by atoms with Gasteiger partial charge in [-0.15, -0.1) is 0 Å². The lowest BCUT2D eigenvalue weighted by Crippen LogP contribution is -2.33. The van der Waals surface area contributed by atoms with E-state index in [2.05, 4.69) is 66.0 Å². The summed E-state index contributed by atoms with van der Waals surface area (Å²) in [5.41, 5.74) is 1.66. The van der Waals surface area contributed by atoms with Gasteiger partial charge in [0.05, 0.1) is 17.3 Å². The molecule has 0 saturated carbocycles. The minimum absolute atomic E-state index is 0.0543. The molecule has 220 valence electrons. The first kappa shape index (κ1) is 31.4. The first-order chi connectivity index (χ1) is 19.4. The second kappa shape index (κ2) is 13.6. The van der Waals surface area contributed by atoms with Gasteiger partial charge in [-0.3, -0.25) is 0 Å². The van der Waals surface area contributed by atoms with Gasteiger partial charge in [-0.2, -0.15) is 0 Å². The number of fused-ring (bicyclic) bond motifs is 3. The van der Waals surface area contributed by atoms with Crippen molar-refractivity contribution >= 4 is 69.6 Å². The largest absolute Gasteiger partial charge is 0.494 e. The minimum atomic E-state index is -3.43. The maximum absolute atomic E-state index is 13.1. The van der Waals surface area contributed by atoms with Gasteiger partial charge >= 0.3 is 6.09 Å². The Hall–Kier alpha value is -2.56. The van der Waals surface area contributed by atoms with Gasteiger partial charge in [-0.25, -0.2) is 13.2 Å². The van der Waals surface area contributed by atoms with Gasteiger partial charge in [-0.05, 0) is 107 Å². The number of unbranched alkanes of at least 4 members (excludes halogenated alkanes) is 2. The quantitative estimate of drug-likeness (QED) is 0.150. The molecule has 0 spiro atoms. The van der Waals surface area contributed by atoms with Gasteiger partial charge < -0.3 is 19.4 Å². The molecular weight excluding hydrogens is 672 g/mol. The van der Waals surface area contributed by atoms with E-state index < -0.39 is 21.5 Å². The van der Waals surface area contributed by atoms with Crippen LogP contribution >= 0.6 is 31.9 Å². The molecule has 4 aromatic rings. The lowest BCUT2D eigenvalue weighted by molar-refractivity contribution is 0.0527. The average Bonchev–Trinajstić information content (AvgIpc) is 3.19. The number of nitrogens with zero attached hydrogens (tertiary/aromatic N) is 1. The summed E-state index contributed by atoms with van der Waals surface area (Å²) in [6.45, 7) is 7.16. The van der Waals surface area contributed by atoms with E-state index in [4.69, 9.17) is 9.47 Å². The number of alkyl carbamates (subject to hydrolysis) is 1. The number of aromatic nitrogens is 1. The Labute approximate surface area is 258 Å². The molecule has 0 aliphatic rings. The summed E-state index contributed by atoms with van der Waals surface area (Å²) >= 11 is 7.14. The number of benzene rings is 3. The molecule has 0 aliphatic carbocycles. The Kier molecular flexibility index (Phi) is 10.4. The average molecular weight is 709 g/mol. The zero-order chi connectivity index (χ0) is 29.6. The molecule has 1 heterocycles. The number of carbonyl (C=O) groups is 1. The number of sulfone groups is 1. The molecule has 0 atom stereocenters. The Bertz CT molecular complexity index is 1550. The smallest absolute Gasteiger partial charge is 0.407 e. The van der Waals surface area contributed by atoms with Crippen LogP contribution in [0.4, 0.5) is 4.79 Å². The molecule has 1 aromatic heterocycles. The van der Waals surface area contributed by atoms with Crippen molar-refractivity contribution in [3.63, 3.8) is 0 Å².